The number of nitrogens with one attached hydrogen (secondary N) is 3. The van der Waals surface area contributed by atoms with Crippen LogP contribution in [0, 0.1) is 0 Å². The molecule has 5 aromatic rings. The predicted molar refractivity (Wildman–Crippen MR) is 226 cm³/mol. The number of aliphatic hydroxyl groups excluding tert-OH is 1. The number of thiophene rings is 1. The minimum Gasteiger partial charge on any atom is -0.451 e. The van der Waals surface area contributed by atoms with Crippen LogP contribution >= 0.6 is 22.9 Å². The molecule has 1 aliphatic carbocycles. The number of sulfone groups is 1. The van der Waals surface area contributed by atoms with Crippen LogP contribution in [0.2, 0.25) is 5.02 Å². The Kier molecular flexibility index (Phi) is 13.1. The lowest BCUT2D eigenvalue weighted by Crippen LogP contribution is -2.47. The number of carbonyl (C=O) groups excluding carboxylic acids is 3. The van der Waals surface area contributed by atoms with E-state index in [9.17, 15) is 41.1 Å². The van der Waals surface area contributed by atoms with Crippen molar-refractivity contribution < 1.29 is 45.8 Å². The van der Waals surface area contributed by atoms with E-state index in [-0.39, 0.29) is 57.2 Å². The largest absolute Gasteiger partial charge is 0.490 e. The Morgan fingerprint density at radius 3 is 2.31 bits per heavy atom. The number of amides is 2. The molecule has 330 valence electrons. The van der Waals surface area contributed by atoms with E-state index in [1.807, 2.05) is 65.6 Å². The van der Waals surface area contributed by atoms with Crippen molar-refractivity contribution in [2.24, 2.45) is 0 Å². The summed E-state index contributed by atoms with van der Waals surface area (Å²) in [6.45, 7) is 5.55. The molecule has 0 bridgehead atoms. The fourth-order valence-electron chi connectivity index (χ4n) is 7.71. The highest BCUT2D eigenvalue weighted by molar-refractivity contribution is 7.92. The van der Waals surface area contributed by atoms with Gasteiger partial charge >= 0.3 is 12.1 Å². The second-order valence-corrected chi connectivity index (χ2v) is 19.1. The lowest BCUT2D eigenvalue weighted by Gasteiger charge is -2.24. The van der Waals surface area contributed by atoms with Gasteiger partial charge in [0.2, 0.25) is 11.9 Å². The third kappa shape index (κ3) is 9.23. The smallest absolute Gasteiger partial charge is 0.451 e. The van der Waals surface area contributed by atoms with Crippen LogP contribution < -0.4 is 20.9 Å². The molecule has 2 aromatic carbocycles. The number of rotatable bonds is 14. The molecule has 15 nitrogen and oxygen atoms in total. The Morgan fingerprint density at radius 1 is 1.03 bits per heavy atom. The summed E-state index contributed by atoms with van der Waals surface area (Å²) in [6.07, 6.45) is -7.15. The first kappa shape index (κ1) is 44.7. The van der Waals surface area contributed by atoms with Crippen LogP contribution in [-0.4, -0.2) is 106 Å². The summed E-state index contributed by atoms with van der Waals surface area (Å²) in [5, 5.41) is 21.0. The third-order valence-corrected chi connectivity index (χ3v) is 15.0. The number of ether oxygens (including phenoxy) is 1. The van der Waals surface area contributed by atoms with Crippen LogP contribution in [0.5, 0.6) is 0 Å². The second kappa shape index (κ2) is 18.2. The van der Waals surface area contributed by atoms with Gasteiger partial charge in [0, 0.05) is 43.4 Å². The van der Waals surface area contributed by atoms with Gasteiger partial charge in [0.1, 0.15) is 11.0 Å². The van der Waals surface area contributed by atoms with Crippen molar-refractivity contribution in [3.63, 3.8) is 0 Å². The van der Waals surface area contributed by atoms with E-state index < -0.39 is 69.4 Å². The summed E-state index contributed by atoms with van der Waals surface area (Å²) in [5.74, 6) is -3.20. The van der Waals surface area contributed by atoms with Gasteiger partial charge in [-0.3, -0.25) is 9.59 Å². The van der Waals surface area contributed by atoms with Crippen molar-refractivity contribution in [1.82, 2.24) is 30.2 Å². The van der Waals surface area contributed by atoms with E-state index >= 15 is 0 Å². The molecule has 5 atom stereocenters. The Balaban J connectivity index is 1.22. The molecule has 21 heteroatoms. The minimum atomic E-state index is -5.35. The highest BCUT2D eigenvalue weighted by atomic mass is 35.5. The monoisotopic (exact) mass is 916 g/mol. The van der Waals surface area contributed by atoms with Gasteiger partial charge in [0.05, 0.1) is 33.6 Å². The number of nitrogens with zero attached hydrogens (tertiary/aromatic N) is 5. The van der Waals surface area contributed by atoms with E-state index in [1.165, 1.54) is 30.1 Å². The first-order chi connectivity index (χ1) is 29.5. The van der Waals surface area contributed by atoms with E-state index in [4.69, 9.17) is 26.3 Å². The molecule has 62 heavy (non-hydrogen) atoms. The second-order valence-electron chi connectivity index (χ2n) is 15.4. The zero-order valence-corrected chi connectivity index (χ0v) is 36.1. The normalized spacial score (nSPS) is 20.5. The maximum Gasteiger partial charge on any atom is 0.490 e. The van der Waals surface area contributed by atoms with E-state index in [0.29, 0.717) is 25.3 Å². The number of anilines is 2. The Bertz CT molecular complexity index is 2500. The molecule has 1 aliphatic heterocycles. The number of carbonyl (C=O) groups is 3. The number of hydrogen-bond acceptors (Lipinski definition) is 13. The molecule has 2 amide bonds. The molecule has 7 rings (SSSR count). The van der Waals surface area contributed by atoms with Crippen LogP contribution in [0.4, 0.5) is 24.9 Å². The van der Waals surface area contributed by atoms with Crippen LogP contribution in [0.25, 0.3) is 11.2 Å². The standard InChI is InChI=1S/C41H44ClF3N8O7S2/c1-4-30(54)49-27-17-28(33(55)34(27)60-39(57)41(43,44)45)53-21-47-32-36(46-18-26(23-11-7-5-8-12-23)24-13-9-6-10-14-24)50-40(51-37(32)53)52-16-15-25(19-52)48-38(56)35-31(42)29(20-61-35)62(58,59)22(2)3/h5-14,20-22,25-28,33-34,55H,4,15-19H2,1-3H3,(H,48,56)(H,49,54)(H,46,50,51)/t25-,27+,28-,33+,34-/m1/s1. The molecular formula is C41H44ClF3N8O7S2. The van der Waals surface area contributed by atoms with Crippen LogP contribution in [0.1, 0.15) is 72.8 Å². The van der Waals surface area contributed by atoms with Gasteiger partial charge in [-0.05, 0) is 37.8 Å². The fraction of sp³-hybridized carbons (Fsp3) is 0.415. The number of esters is 1. The molecule has 1 saturated carbocycles. The van der Waals surface area contributed by atoms with Crippen molar-refractivity contribution in [1.29, 1.82) is 0 Å². The summed E-state index contributed by atoms with van der Waals surface area (Å²) < 4.78 is 72.1. The molecule has 4 N–H and O–H groups in total. The van der Waals surface area contributed by atoms with Gasteiger partial charge in [0.15, 0.2) is 32.9 Å². The molecule has 2 fully saturated rings. The first-order valence-electron chi connectivity index (χ1n) is 19.9. The number of halogens is 4. The van der Waals surface area contributed by atoms with Crippen molar-refractivity contribution in [2.75, 3.05) is 29.9 Å². The molecule has 0 spiro atoms. The number of hydrogen-bond donors (Lipinski definition) is 4. The number of benzene rings is 2. The van der Waals surface area contributed by atoms with Crippen molar-refractivity contribution in [3.05, 3.63) is 93.4 Å². The average Bonchev–Trinajstić information content (AvgIpc) is 4.05. The zero-order valence-electron chi connectivity index (χ0n) is 33.7. The molecule has 2 aliphatic rings. The molecule has 1 saturated heterocycles. The number of fused-ring (bicyclic) bond motifs is 1. The number of aliphatic hydroxyl groups is 1. The molecule has 0 unspecified atom stereocenters. The van der Waals surface area contributed by atoms with Gasteiger partial charge in [0.25, 0.3) is 5.91 Å². The predicted octanol–water partition coefficient (Wildman–Crippen LogP) is 5.65. The van der Waals surface area contributed by atoms with Gasteiger partial charge in [-0.15, -0.1) is 11.3 Å². The van der Waals surface area contributed by atoms with E-state index in [2.05, 4.69) is 20.9 Å². The third-order valence-electron chi connectivity index (χ3n) is 11.0. The maximum absolute atomic E-state index is 13.4. The van der Waals surface area contributed by atoms with Gasteiger partial charge < -0.3 is 35.3 Å². The lowest BCUT2D eigenvalue weighted by atomic mass is 9.91. The van der Waals surface area contributed by atoms with Crippen LogP contribution in [0.3, 0.4) is 0 Å². The highest BCUT2D eigenvalue weighted by Gasteiger charge is 2.51. The number of aromatic nitrogens is 4. The van der Waals surface area contributed by atoms with Crippen molar-refractivity contribution >= 4 is 73.5 Å². The molecular weight excluding hydrogens is 873 g/mol. The molecule has 0 radical (unpaired) electrons. The van der Waals surface area contributed by atoms with Gasteiger partial charge in [-0.25, -0.2) is 18.2 Å². The number of imidazole rings is 1. The molecule has 3 aromatic heterocycles. The van der Waals surface area contributed by atoms with Crippen LogP contribution in [0.15, 0.2) is 77.3 Å². The number of alkyl halides is 3. The Labute approximate surface area is 364 Å². The average molecular weight is 917 g/mol. The summed E-state index contributed by atoms with van der Waals surface area (Å²) >= 11 is 7.37. The van der Waals surface area contributed by atoms with Crippen molar-refractivity contribution in [2.45, 2.75) is 92.6 Å². The van der Waals surface area contributed by atoms with E-state index in [0.717, 1.165) is 22.5 Å². The van der Waals surface area contributed by atoms with Crippen molar-refractivity contribution in [3.8, 4) is 0 Å². The highest BCUT2D eigenvalue weighted by Crippen LogP contribution is 2.38. The lowest BCUT2D eigenvalue weighted by molar-refractivity contribution is -0.209. The minimum absolute atomic E-state index is 0.0114. The Morgan fingerprint density at radius 2 is 1.69 bits per heavy atom. The SMILES string of the molecule is CCC(=O)N[C@H]1C[C@@H](n2cnc3c(NCC(c4ccccc4)c4ccccc4)nc(N4CC[C@@H](NC(=O)c5scc(S(=O)(=O)C(C)C)c5Cl)C4)nc32)[C@H](O)[C@@H]1OC(=O)C(F)(F)F. The van der Waals surface area contributed by atoms with E-state index in [1.54, 1.807) is 6.92 Å². The van der Waals surface area contributed by atoms with Gasteiger partial charge in [-0.1, -0.05) is 79.2 Å². The molecule has 4 heterocycles. The topological polar surface area (TPSA) is 198 Å². The van der Waals surface area contributed by atoms with Gasteiger partial charge in [-0.2, -0.15) is 23.1 Å². The fourth-order valence-corrected chi connectivity index (χ4v) is 10.7. The summed E-state index contributed by atoms with van der Waals surface area (Å²) in [7, 11) is -3.73. The quantitative estimate of drug-likeness (QED) is 0.100. The maximum atomic E-state index is 13.4. The summed E-state index contributed by atoms with van der Waals surface area (Å²) in [5.41, 5.74) is 2.51. The summed E-state index contributed by atoms with van der Waals surface area (Å²) in [6, 6.07) is 17.0. The zero-order chi connectivity index (χ0) is 44.5. The van der Waals surface area contributed by atoms with Crippen LogP contribution in [-0.2, 0) is 24.2 Å². The summed E-state index contributed by atoms with van der Waals surface area (Å²) in [4.78, 5) is 54.1. The Hall–Kier alpha value is -5.31. The first-order valence-corrected chi connectivity index (χ1v) is 22.7.